The van der Waals surface area contributed by atoms with E-state index in [1.165, 1.54) is 12.1 Å². The summed E-state index contributed by atoms with van der Waals surface area (Å²) in [7, 11) is -3.56. The summed E-state index contributed by atoms with van der Waals surface area (Å²) < 4.78 is 27.6. The second-order valence-corrected chi connectivity index (χ2v) is 4.48. The number of hydrogen-bond donors (Lipinski definition) is 0. The van der Waals surface area contributed by atoms with Crippen LogP contribution in [-0.2, 0) is 33.8 Å². The molecular formula is C9H12O3SZn. The van der Waals surface area contributed by atoms with E-state index in [0.29, 0.717) is 0 Å². The minimum atomic E-state index is -3.56. The normalized spacial score (nSPS) is 11.1. The minimum Gasteiger partial charge on any atom is -0.264 e. The molecule has 0 aliphatic carbocycles. The van der Waals surface area contributed by atoms with E-state index in [2.05, 4.69) is 0 Å². The summed E-state index contributed by atoms with van der Waals surface area (Å²) in [4.78, 5) is 0.198. The molecule has 0 saturated heterocycles. The Balaban J connectivity index is 0.00000169. The van der Waals surface area contributed by atoms with Gasteiger partial charge in [-0.3, -0.25) is 4.18 Å². The zero-order valence-electron chi connectivity index (χ0n) is 8.30. The van der Waals surface area contributed by atoms with Crippen molar-refractivity contribution in [3.8, 4) is 0 Å². The van der Waals surface area contributed by atoms with E-state index in [4.69, 9.17) is 4.18 Å². The predicted octanol–water partition coefficient (Wildman–Crippen LogP) is 1.80. The van der Waals surface area contributed by atoms with Crippen LogP contribution in [0.25, 0.3) is 0 Å². The molecule has 0 N–H and O–H groups in total. The van der Waals surface area contributed by atoms with Crippen LogP contribution in [0.2, 0.25) is 0 Å². The Labute approximate surface area is 97.4 Å². The molecule has 0 amide bonds. The number of hydrogen-bond acceptors (Lipinski definition) is 3. The topological polar surface area (TPSA) is 43.4 Å². The van der Waals surface area contributed by atoms with Crippen LogP contribution < -0.4 is 0 Å². The van der Waals surface area contributed by atoms with Crippen LogP contribution in [-0.4, -0.2) is 14.5 Å². The number of rotatable bonds is 3. The molecule has 0 aliphatic heterocycles. The molecule has 0 radical (unpaired) electrons. The third-order valence-electron chi connectivity index (χ3n) is 1.35. The van der Waals surface area contributed by atoms with Gasteiger partial charge in [-0.2, -0.15) is 8.42 Å². The average Bonchev–Trinajstić information content (AvgIpc) is 2.04. The summed E-state index contributed by atoms with van der Waals surface area (Å²) in [5.74, 6) is 0. The van der Waals surface area contributed by atoms with Gasteiger partial charge in [0.2, 0.25) is 0 Å². The first-order valence-electron chi connectivity index (χ1n) is 4.01. The summed E-state index contributed by atoms with van der Waals surface area (Å²) in [6.07, 6.45) is -0.329. The van der Waals surface area contributed by atoms with Gasteiger partial charge in [0.05, 0.1) is 11.0 Å². The van der Waals surface area contributed by atoms with Crippen molar-refractivity contribution in [2.45, 2.75) is 24.8 Å². The Morgan fingerprint density at radius 2 is 1.64 bits per heavy atom. The monoisotopic (exact) mass is 264 g/mol. The molecule has 5 heteroatoms. The molecule has 0 saturated carbocycles. The van der Waals surface area contributed by atoms with Crippen molar-refractivity contribution in [3.05, 3.63) is 30.3 Å². The van der Waals surface area contributed by atoms with E-state index in [1.807, 2.05) is 0 Å². The van der Waals surface area contributed by atoms with Gasteiger partial charge in [-0.25, -0.2) is 0 Å². The molecule has 14 heavy (non-hydrogen) atoms. The van der Waals surface area contributed by atoms with Crippen LogP contribution in [0.1, 0.15) is 13.8 Å². The van der Waals surface area contributed by atoms with Gasteiger partial charge in [-0.05, 0) is 26.0 Å². The third kappa shape index (κ3) is 3.86. The second-order valence-electron chi connectivity index (χ2n) is 2.91. The van der Waals surface area contributed by atoms with Crippen LogP contribution in [0, 0.1) is 0 Å². The van der Waals surface area contributed by atoms with E-state index in [9.17, 15) is 8.42 Å². The quantitative estimate of drug-likeness (QED) is 0.618. The zero-order valence-corrected chi connectivity index (χ0v) is 12.1. The van der Waals surface area contributed by atoms with E-state index in [0.717, 1.165) is 0 Å². The largest absolute Gasteiger partial charge is 0.297 e. The Kier molecular flexibility index (Phi) is 5.49. The Hall–Kier alpha value is -0.247. The molecule has 0 fully saturated rings. The molecule has 0 heterocycles. The zero-order chi connectivity index (χ0) is 9.90. The standard InChI is InChI=1S/C9H12O3S.Zn/c1-8(2)12-13(10,11)9-6-4-3-5-7-9;/h3-8H,1-2H3;. The van der Waals surface area contributed by atoms with Crippen LogP contribution in [0.4, 0.5) is 0 Å². The Morgan fingerprint density at radius 3 is 2.07 bits per heavy atom. The van der Waals surface area contributed by atoms with E-state index in [1.54, 1.807) is 32.0 Å². The van der Waals surface area contributed by atoms with Gasteiger partial charge >= 0.3 is 0 Å². The minimum absolute atomic E-state index is 0. The smallest absolute Gasteiger partial charge is 0.264 e. The fraction of sp³-hybridized carbons (Fsp3) is 0.333. The van der Waals surface area contributed by atoms with Gasteiger partial charge in [0.15, 0.2) is 0 Å². The van der Waals surface area contributed by atoms with Crippen molar-refractivity contribution < 1.29 is 32.1 Å². The van der Waals surface area contributed by atoms with Crippen LogP contribution in [0.3, 0.4) is 0 Å². The molecule has 74 valence electrons. The molecule has 1 aromatic rings. The van der Waals surface area contributed by atoms with E-state index < -0.39 is 10.1 Å². The third-order valence-corrected chi connectivity index (χ3v) is 2.84. The molecule has 1 rings (SSSR count). The molecule has 0 atom stereocenters. The molecule has 1 aromatic carbocycles. The SMILES string of the molecule is CC(C)OS(=O)(=O)c1ccccc1.[Zn]. The summed E-state index contributed by atoms with van der Waals surface area (Å²) in [5, 5.41) is 0. The first-order valence-corrected chi connectivity index (χ1v) is 5.41. The maximum atomic E-state index is 11.4. The van der Waals surface area contributed by atoms with Crippen molar-refractivity contribution in [2.75, 3.05) is 0 Å². The maximum Gasteiger partial charge on any atom is 0.297 e. The van der Waals surface area contributed by atoms with E-state index >= 15 is 0 Å². The second kappa shape index (κ2) is 5.59. The van der Waals surface area contributed by atoms with Crippen molar-refractivity contribution in [3.63, 3.8) is 0 Å². The molecular weight excluding hydrogens is 254 g/mol. The van der Waals surface area contributed by atoms with Crippen molar-refractivity contribution in [1.82, 2.24) is 0 Å². The average molecular weight is 266 g/mol. The molecule has 0 spiro atoms. The molecule has 0 bridgehead atoms. The van der Waals surface area contributed by atoms with Gasteiger partial charge in [0, 0.05) is 19.5 Å². The summed E-state index contributed by atoms with van der Waals surface area (Å²) in [5.41, 5.74) is 0. The first kappa shape index (κ1) is 13.8. The summed E-state index contributed by atoms with van der Waals surface area (Å²) >= 11 is 0. The first-order chi connectivity index (χ1) is 6.02. The van der Waals surface area contributed by atoms with Gasteiger partial charge < -0.3 is 0 Å². The van der Waals surface area contributed by atoms with Crippen molar-refractivity contribution in [2.24, 2.45) is 0 Å². The molecule has 0 aliphatic rings. The predicted molar refractivity (Wildman–Crippen MR) is 49.8 cm³/mol. The Morgan fingerprint density at radius 1 is 1.14 bits per heavy atom. The fourth-order valence-corrected chi connectivity index (χ4v) is 2.00. The van der Waals surface area contributed by atoms with Gasteiger partial charge in [0.25, 0.3) is 10.1 Å². The summed E-state index contributed by atoms with van der Waals surface area (Å²) in [6.45, 7) is 3.36. The van der Waals surface area contributed by atoms with Gasteiger partial charge in [-0.15, -0.1) is 0 Å². The fourth-order valence-electron chi connectivity index (χ4n) is 0.896. The maximum absolute atomic E-state index is 11.4. The number of benzene rings is 1. The van der Waals surface area contributed by atoms with Crippen molar-refractivity contribution in [1.29, 1.82) is 0 Å². The summed E-state index contributed by atoms with van der Waals surface area (Å²) in [6, 6.07) is 8.11. The molecule has 0 unspecified atom stereocenters. The Bertz CT molecular complexity index is 359. The van der Waals surface area contributed by atoms with Gasteiger partial charge in [-0.1, -0.05) is 18.2 Å². The van der Waals surface area contributed by atoms with Crippen LogP contribution in [0.15, 0.2) is 35.2 Å². The van der Waals surface area contributed by atoms with Crippen LogP contribution in [0.5, 0.6) is 0 Å². The van der Waals surface area contributed by atoms with Gasteiger partial charge in [0.1, 0.15) is 0 Å². The van der Waals surface area contributed by atoms with Crippen molar-refractivity contribution >= 4 is 10.1 Å². The molecule has 0 aromatic heterocycles. The van der Waals surface area contributed by atoms with E-state index in [-0.39, 0.29) is 30.5 Å². The molecule has 3 nitrogen and oxygen atoms in total. The van der Waals surface area contributed by atoms with Crippen LogP contribution >= 0.6 is 0 Å².